The summed E-state index contributed by atoms with van der Waals surface area (Å²) in [5.74, 6) is -0.286. The van der Waals surface area contributed by atoms with Gasteiger partial charge >= 0.3 is 0 Å². The summed E-state index contributed by atoms with van der Waals surface area (Å²) in [6, 6.07) is 8.54. The first kappa shape index (κ1) is 17.5. The highest BCUT2D eigenvalue weighted by Gasteiger charge is 2.30. The van der Waals surface area contributed by atoms with Crippen molar-refractivity contribution in [1.82, 2.24) is 5.32 Å². The summed E-state index contributed by atoms with van der Waals surface area (Å²) in [7, 11) is 2.04. The van der Waals surface area contributed by atoms with Crippen LogP contribution in [0.4, 0.5) is 5.69 Å². The van der Waals surface area contributed by atoms with Crippen LogP contribution >= 0.6 is 0 Å². The molecule has 1 rings (SSSR count). The number of carbonyl (C=O) groups is 1. The fraction of sp³-hybridized carbons (Fsp3) is 0.588. The van der Waals surface area contributed by atoms with Gasteiger partial charge in [0, 0.05) is 19.3 Å². The molecule has 4 heteroatoms. The van der Waals surface area contributed by atoms with Crippen LogP contribution in [0.3, 0.4) is 0 Å². The number of carbonyl (C=O) groups excluding carboxylic acids is 1. The van der Waals surface area contributed by atoms with E-state index in [0.29, 0.717) is 6.42 Å². The van der Waals surface area contributed by atoms with Crippen LogP contribution in [-0.2, 0) is 11.2 Å². The van der Waals surface area contributed by atoms with Gasteiger partial charge in [0.1, 0.15) is 0 Å². The summed E-state index contributed by atoms with van der Waals surface area (Å²) in [4.78, 5) is 13.9. The Hall–Kier alpha value is -1.55. The molecule has 21 heavy (non-hydrogen) atoms. The van der Waals surface area contributed by atoms with Crippen LogP contribution < -0.4 is 16.0 Å². The van der Waals surface area contributed by atoms with Gasteiger partial charge in [-0.3, -0.25) is 4.79 Å². The first-order chi connectivity index (χ1) is 9.92. The average Bonchev–Trinajstić information content (AvgIpc) is 2.50. The lowest BCUT2D eigenvalue weighted by atomic mass is 9.96. The molecule has 0 aliphatic rings. The Morgan fingerprint density at radius 3 is 2.38 bits per heavy atom. The summed E-state index contributed by atoms with van der Waals surface area (Å²) in [5.41, 5.74) is 7.40. The number of rotatable bonds is 9. The molecule has 1 unspecified atom stereocenters. The lowest BCUT2D eigenvalue weighted by Crippen LogP contribution is -2.54. The molecular formula is C17H29N3O. The van der Waals surface area contributed by atoms with Crippen LogP contribution in [0.2, 0.25) is 0 Å². The second kappa shape index (κ2) is 8.03. The Morgan fingerprint density at radius 2 is 1.90 bits per heavy atom. The van der Waals surface area contributed by atoms with Crippen molar-refractivity contribution < 1.29 is 4.79 Å². The van der Waals surface area contributed by atoms with Gasteiger partial charge in [0.2, 0.25) is 5.91 Å². The number of amides is 1. The smallest absolute Gasteiger partial charge is 0.237 e. The van der Waals surface area contributed by atoms with Crippen molar-refractivity contribution in [2.24, 2.45) is 5.73 Å². The maximum Gasteiger partial charge on any atom is 0.237 e. The van der Waals surface area contributed by atoms with Crippen molar-refractivity contribution >= 4 is 11.6 Å². The second-order valence-corrected chi connectivity index (χ2v) is 5.81. The van der Waals surface area contributed by atoms with Gasteiger partial charge in [0.05, 0.1) is 5.54 Å². The quantitative estimate of drug-likeness (QED) is 0.734. The summed E-state index contributed by atoms with van der Waals surface area (Å²) in [6.45, 7) is 7.70. The van der Waals surface area contributed by atoms with E-state index in [9.17, 15) is 4.79 Å². The molecule has 0 aromatic heterocycles. The first-order valence-corrected chi connectivity index (χ1v) is 7.78. The Bertz CT molecular complexity index is 444. The third-order valence-corrected chi connectivity index (χ3v) is 4.04. The predicted molar refractivity (Wildman–Crippen MR) is 89.6 cm³/mol. The molecule has 0 saturated heterocycles. The fourth-order valence-corrected chi connectivity index (χ4v) is 2.21. The van der Waals surface area contributed by atoms with Crippen LogP contribution in [0.1, 0.15) is 39.2 Å². The molecule has 4 nitrogen and oxygen atoms in total. The van der Waals surface area contributed by atoms with Crippen LogP contribution in [-0.4, -0.2) is 31.6 Å². The van der Waals surface area contributed by atoms with Crippen molar-refractivity contribution in [2.45, 2.75) is 45.6 Å². The predicted octanol–water partition coefficient (Wildman–Crippen LogP) is 2.32. The van der Waals surface area contributed by atoms with Crippen molar-refractivity contribution in [1.29, 1.82) is 0 Å². The van der Waals surface area contributed by atoms with Gasteiger partial charge in [-0.1, -0.05) is 26.0 Å². The van der Waals surface area contributed by atoms with Crippen LogP contribution in [0.15, 0.2) is 24.3 Å². The number of nitrogens with two attached hydrogens (primary N) is 1. The largest absolute Gasteiger partial charge is 0.375 e. The zero-order chi connectivity index (χ0) is 15.9. The Balaban J connectivity index is 2.63. The van der Waals surface area contributed by atoms with E-state index >= 15 is 0 Å². The normalized spacial score (nSPS) is 13.7. The van der Waals surface area contributed by atoms with E-state index in [1.165, 1.54) is 5.56 Å². The highest BCUT2D eigenvalue weighted by atomic mass is 16.1. The van der Waals surface area contributed by atoms with Gasteiger partial charge in [0.15, 0.2) is 0 Å². The standard InChI is InChI=1S/C17H29N3O/c1-5-12-19-17(3,16(18)21)11-13-20(4)15-9-7-14(6-2)8-10-15/h7-10,19H,5-6,11-13H2,1-4H3,(H2,18,21). The number of hydrogen-bond acceptors (Lipinski definition) is 3. The molecule has 0 aliphatic heterocycles. The lowest BCUT2D eigenvalue weighted by Gasteiger charge is -2.30. The van der Waals surface area contributed by atoms with Gasteiger partial charge in [0.25, 0.3) is 0 Å². The molecule has 0 bridgehead atoms. The molecule has 1 aromatic rings. The topological polar surface area (TPSA) is 58.4 Å². The van der Waals surface area contributed by atoms with Gasteiger partial charge in [-0.25, -0.2) is 0 Å². The van der Waals surface area contributed by atoms with Crippen molar-refractivity contribution in [2.75, 3.05) is 25.0 Å². The average molecular weight is 291 g/mol. The van der Waals surface area contributed by atoms with E-state index in [1.54, 1.807) is 0 Å². The number of hydrogen-bond donors (Lipinski definition) is 2. The summed E-state index contributed by atoms with van der Waals surface area (Å²) >= 11 is 0. The van der Waals surface area contributed by atoms with E-state index in [1.807, 2.05) is 14.0 Å². The summed E-state index contributed by atoms with van der Waals surface area (Å²) < 4.78 is 0. The molecule has 1 atom stereocenters. The number of nitrogens with one attached hydrogen (secondary N) is 1. The number of nitrogens with zero attached hydrogens (tertiary/aromatic N) is 1. The second-order valence-electron chi connectivity index (χ2n) is 5.81. The van der Waals surface area contributed by atoms with E-state index < -0.39 is 5.54 Å². The highest BCUT2D eigenvalue weighted by Crippen LogP contribution is 2.17. The molecule has 0 radical (unpaired) electrons. The minimum atomic E-state index is -0.645. The number of primary amides is 1. The van der Waals surface area contributed by atoms with Crippen molar-refractivity contribution in [3.8, 4) is 0 Å². The van der Waals surface area contributed by atoms with Gasteiger partial charge in [-0.15, -0.1) is 0 Å². The van der Waals surface area contributed by atoms with Gasteiger partial charge in [-0.05, 0) is 50.4 Å². The monoisotopic (exact) mass is 291 g/mol. The minimum Gasteiger partial charge on any atom is -0.375 e. The molecule has 0 heterocycles. The van der Waals surface area contributed by atoms with Crippen molar-refractivity contribution in [3.63, 3.8) is 0 Å². The SMILES string of the molecule is CCCNC(C)(CCN(C)c1ccc(CC)cc1)C(N)=O. The maximum absolute atomic E-state index is 11.7. The Labute approximate surface area is 128 Å². The van der Waals surface area contributed by atoms with Crippen LogP contribution in [0.25, 0.3) is 0 Å². The molecule has 0 saturated carbocycles. The third kappa shape index (κ3) is 5.05. The van der Waals surface area contributed by atoms with Gasteiger partial charge < -0.3 is 16.0 Å². The number of aryl methyl sites for hydroxylation is 1. The molecule has 0 spiro atoms. The molecule has 118 valence electrons. The van der Waals surface area contributed by atoms with E-state index in [4.69, 9.17) is 5.73 Å². The molecule has 1 aromatic carbocycles. The van der Waals surface area contributed by atoms with Crippen LogP contribution in [0.5, 0.6) is 0 Å². The minimum absolute atomic E-state index is 0.286. The number of benzene rings is 1. The van der Waals surface area contributed by atoms with Crippen LogP contribution in [0, 0.1) is 0 Å². The molecule has 0 aliphatic carbocycles. The van der Waals surface area contributed by atoms with E-state index in [0.717, 1.165) is 31.6 Å². The molecular weight excluding hydrogens is 262 g/mol. The third-order valence-electron chi connectivity index (χ3n) is 4.04. The van der Waals surface area contributed by atoms with E-state index in [-0.39, 0.29) is 5.91 Å². The lowest BCUT2D eigenvalue weighted by molar-refractivity contribution is -0.124. The first-order valence-electron chi connectivity index (χ1n) is 7.78. The fourth-order valence-electron chi connectivity index (χ4n) is 2.21. The maximum atomic E-state index is 11.7. The molecule has 1 amide bonds. The Morgan fingerprint density at radius 1 is 1.29 bits per heavy atom. The van der Waals surface area contributed by atoms with Crippen molar-refractivity contribution in [3.05, 3.63) is 29.8 Å². The number of anilines is 1. The zero-order valence-electron chi connectivity index (χ0n) is 13.8. The van der Waals surface area contributed by atoms with E-state index in [2.05, 4.69) is 48.3 Å². The molecule has 3 N–H and O–H groups in total. The van der Waals surface area contributed by atoms with Gasteiger partial charge in [-0.2, -0.15) is 0 Å². The summed E-state index contributed by atoms with van der Waals surface area (Å²) in [6.07, 6.45) is 2.72. The highest BCUT2D eigenvalue weighted by molar-refractivity contribution is 5.84. The molecule has 0 fully saturated rings. The summed E-state index contributed by atoms with van der Waals surface area (Å²) in [5, 5.41) is 3.27. The Kier molecular flexibility index (Phi) is 6.69. The zero-order valence-corrected chi connectivity index (χ0v) is 13.8.